The minimum absolute atomic E-state index is 0.161. The lowest BCUT2D eigenvalue weighted by Crippen LogP contribution is -2.47. The van der Waals surface area contributed by atoms with E-state index in [0.29, 0.717) is 13.1 Å². The number of piperidine rings is 1. The number of hydrogen-bond donors (Lipinski definition) is 3. The van der Waals surface area contributed by atoms with Gasteiger partial charge in [0.2, 0.25) is 0 Å². The number of rotatable bonds is 5. The molecule has 1 unspecified atom stereocenters. The lowest BCUT2D eigenvalue weighted by Gasteiger charge is -2.30. The van der Waals surface area contributed by atoms with Gasteiger partial charge in [-0.1, -0.05) is 0 Å². The first kappa shape index (κ1) is 13.7. The number of aliphatic carboxylic acids is 1. The van der Waals surface area contributed by atoms with Gasteiger partial charge in [0.1, 0.15) is 6.61 Å². The number of carboxylic acid groups (broad SMARTS) is 1. The SMILES string of the molecule is O=C(O)COCCNC(=O)N1CCCC(O)C1. The van der Waals surface area contributed by atoms with Crippen molar-refractivity contribution >= 4 is 12.0 Å². The molecule has 7 nitrogen and oxygen atoms in total. The van der Waals surface area contributed by atoms with Crippen LogP contribution in [-0.4, -0.2) is 66.1 Å². The summed E-state index contributed by atoms with van der Waals surface area (Å²) in [6.07, 6.45) is 1.08. The second kappa shape index (κ2) is 7.08. The highest BCUT2D eigenvalue weighted by molar-refractivity contribution is 5.74. The average molecular weight is 246 g/mol. The van der Waals surface area contributed by atoms with Gasteiger partial charge in [0.25, 0.3) is 0 Å². The van der Waals surface area contributed by atoms with E-state index in [0.717, 1.165) is 12.8 Å². The molecule has 1 fully saturated rings. The highest BCUT2D eigenvalue weighted by atomic mass is 16.5. The minimum Gasteiger partial charge on any atom is -0.480 e. The summed E-state index contributed by atoms with van der Waals surface area (Å²) in [6.45, 7) is 1.05. The van der Waals surface area contributed by atoms with Crippen LogP contribution in [0.1, 0.15) is 12.8 Å². The maximum Gasteiger partial charge on any atom is 0.329 e. The molecular formula is C10H18N2O5. The molecule has 1 aliphatic rings. The number of carbonyl (C=O) groups is 2. The first-order valence-electron chi connectivity index (χ1n) is 5.60. The lowest BCUT2D eigenvalue weighted by atomic mass is 10.1. The van der Waals surface area contributed by atoms with E-state index in [1.54, 1.807) is 4.90 Å². The van der Waals surface area contributed by atoms with Crippen LogP contribution >= 0.6 is 0 Å². The van der Waals surface area contributed by atoms with Crippen LogP contribution < -0.4 is 5.32 Å². The van der Waals surface area contributed by atoms with Crippen LogP contribution in [0.3, 0.4) is 0 Å². The molecular weight excluding hydrogens is 228 g/mol. The van der Waals surface area contributed by atoms with Crippen LogP contribution in [0, 0.1) is 0 Å². The molecule has 0 bridgehead atoms. The highest BCUT2D eigenvalue weighted by Gasteiger charge is 2.21. The third-order valence-electron chi connectivity index (χ3n) is 2.43. The molecule has 0 saturated carbocycles. The van der Waals surface area contributed by atoms with Gasteiger partial charge in [0.15, 0.2) is 0 Å². The molecule has 0 aliphatic carbocycles. The summed E-state index contributed by atoms with van der Waals surface area (Å²) in [4.78, 5) is 23.3. The number of likely N-dealkylation sites (tertiary alicyclic amines) is 1. The molecule has 0 spiro atoms. The summed E-state index contributed by atoms with van der Waals surface area (Å²) >= 11 is 0. The number of ether oxygens (including phenoxy) is 1. The van der Waals surface area contributed by atoms with E-state index in [-0.39, 0.29) is 25.8 Å². The van der Waals surface area contributed by atoms with Crippen molar-refractivity contribution < 1.29 is 24.5 Å². The smallest absolute Gasteiger partial charge is 0.329 e. The van der Waals surface area contributed by atoms with Crippen molar-refractivity contribution in [1.29, 1.82) is 0 Å². The van der Waals surface area contributed by atoms with E-state index in [9.17, 15) is 14.7 Å². The van der Waals surface area contributed by atoms with E-state index in [1.165, 1.54) is 0 Å². The normalized spacial score (nSPS) is 20.1. The number of hydrogen-bond acceptors (Lipinski definition) is 4. The summed E-state index contributed by atoms with van der Waals surface area (Å²) in [5.74, 6) is -1.03. The fourth-order valence-electron chi connectivity index (χ4n) is 1.64. The number of nitrogens with zero attached hydrogens (tertiary/aromatic N) is 1. The fraction of sp³-hybridized carbons (Fsp3) is 0.800. The number of amides is 2. The number of urea groups is 1. The molecule has 1 atom stereocenters. The van der Waals surface area contributed by atoms with Crippen molar-refractivity contribution in [2.45, 2.75) is 18.9 Å². The summed E-state index contributed by atoms with van der Waals surface area (Å²) < 4.78 is 4.77. The standard InChI is InChI=1S/C10H18N2O5/c13-8-2-1-4-12(6-8)10(16)11-3-5-17-7-9(14)15/h8,13H,1-7H2,(H,11,16)(H,14,15). The Morgan fingerprint density at radius 1 is 1.47 bits per heavy atom. The Bertz CT molecular complexity index is 271. The predicted octanol–water partition coefficient (Wildman–Crippen LogP) is -0.746. The van der Waals surface area contributed by atoms with Crippen molar-refractivity contribution in [3.63, 3.8) is 0 Å². The van der Waals surface area contributed by atoms with Crippen LogP contribution in [0.4, 0.5) is 4.79 Å². The molecule has 1 rings (SSSR count). The van der Waals surface area contributed by atoms with Gasteiger partial charge >= 0.3 is 12.0 Å². The van der Waals surface area contributed by atoms with Gasteiger partial charge in [-0.05, 0) is 12.8 Å². The largest absolute Gasteiger partial charge is 0.480 e. The molecule has 0 aromatic carbocycles. The number of β-amino-alcohol motifs (C(OH)–C–C–N with tert-alkyl or cyclic N) is 1. The first-order chi connectivity index (χ1) is 8.09. The quantitative estimate of drug-likeness (QED) is 0.554. The topological polar surface area (TPSA) is 99.1 Å². The predicted molar refractivity (Wildman–Crippen MR) is 58.7 cm³/mol. The van der Waals surface area contributed by atoms with E-state index in [1.807, 2.05) is 0 Å². The number of aliphatic hydroxyl groups excluding tert-OH is 1. The lowest BCUT2D eigenvalue weighted by molar-refractivity contribution is -0.142. The monoisotopic (exact) mass is 246 g/mol. The van der Waals surface area contributed by atoms with E-state index in [2.05, 4.69) is 5.32 Å². The zero-order valence-electron chi connectivity index (χ0n) is 9.59. The van der Waals surface area contributed by atoms with Gasteiger partial charge in [0, 0.05) is 19.6 Å². The van der Waals surface area contributed by atoms with Crippen molar-refractivity contribution in [3.8, 4) is 0 Å². The second-order valence-electron chi connectivity index (χ2n) is 3.92. The van der Waals surface area contributed by atoms with Gasteiger partial charge in [-0.2, -0.15) is 0 Å². The molecule has 1 aliphatic heterocycles. The Kier molecular flexibility index (Phi) is 5.71. The Labute approximate surface area is 99.4 Å². The third-order valence-corrected chi connectivity index (χ3v) is 2.43. The van der Waals surface area contributed by atoms with Crippen LogP contribution in [0.5, 0.6) is 0 Å². The van der Waals surface area contributed by atoms with Gasteiger partial charge in [-0.25, -0.2) is 9.59 Å². The average Bonchev–Trinajstić information content (AvgIpc) is 2.28. The summed E-state index contributed by atoms with van der Waals surface area (Å²) in [5.41, 5.74) is 0. The summed E-state index contributed by atoms with van der Waals surface area (Å²) in [6, 6.07) is -0.248. The Morgan fingerprint density at radius 2 is 2.24 bits per heavy atom. The molecule has 0 radical (unpaired) electrons. The van der Waals surface area contributed by atoms with Crippen LogP contribution in [-0.2, 0) is 9.53 Å². The van der Waals surface area contributed by atoms with Crippen molar-refractivity contribution in [2.24, 2.45) is 0 Å². The second-order valence-corrected chi connectivity index (χ2v) is 3.92. The number of aliphatic hydroxyl groups is 1. The Hall–Kier alpha value is -1.34. The number of carboxylic acids is 1. The molecule has 2 amide bonds. The minimum atomic E-state index is -1.03. The number of carbonyl (C=O) groups excluding carboxylic acids is 1. The maximum absolute atomic E-state index is 11.6. The van der Waals surface area contributed by atoms with Crippen molar-refractivity contribution in [3.05, 3.63) is 0 Å². The summed E-state index contributed by atoms with van der Waals surface area (Å²) in [5, 5.41) is 20.3. The van der Waals surface area contributed by atoms with Crippen molar-refractivity contribution in [2.75, 3.05) is 32.8 Å². The number of nitrogens with one attached hydrogen (secondary N) is 1. The van der Waals surface area contributed by atoms with Crippen LogP contribution in [0.15, 0.2) is 0 Å². The van der Waals surface area contributed by atoms with E-state index in [4.69, 9.17) is 9.84 Å². The highest BCUT2D eigenvalue weighted by Crippen LogP contribution is 2.09. The summed E-state index contributed by atoms with van der Waals surface area (Å²) in [7, 11) is 0. The van der Waals surface area contributed by atoms with Gasteiger partial charge < -0.3 is 25.2 Å². The molecule has 98 valence electrons. The Balaban J connectivity index is 2.10. The maximum atomic E-state index is 11.6. The zero-order valence-corrected chi connectivity index (χ0v) is 9.59. The molecule has 1 heterocycles. The Morgan fingerprint density at radius 3 is 2.88 bits per heavy atom. The van der Waals surface area contributed by atoms with E-state index < -0.39 is 12.1 Å². The van der Waals surface area contributed by atoms with Gasteiger partial charge in [-0.15, -0.1) is 0 Å². The fourth-order valence-corrected chi connectivity index (χ4v) is 1.64. The molecule has 7 heteroatoms. The zero-order chi connectivity index (χ0) is 12.7. The first-order valence-corrected chi connectivity index (χ1v) is 5.60. The molecule has 0 aromatic rings. The molecule has 3 N–H and O–H groups in total. The van der Waals surface area contributed by atoms with E-state index >= 15 is 0 Å². The molecule has 17 heavy (non-hydrogen) atoms. The molecule has 1 saturated heterocycles. The van der Waals surface area contributed by atoms with Gasteiger partial charge in [-0.3, -0.25) is 0 Å². The van der Waals surface area contributed by atoms with Gasteiger partial charge in [0.05, 0.1) is 12.7 Å². The van der Waals surface area contributed by atoms with Crippen LogP contribution in [0.2, 0.25) is 0 Å². The van der Waals surface area contributed by atoms with Crippen molar-refractivity contribution in [1.82, 2.24) is 10.2 Å². The third kappa shape index (κ3) is 5.50. The van der Waals surface area contributed by atoms with Crippen LogP contribution in [0.25, 0.3) is 0 Å². The molecule has 0 aromatic heterocycles.